The van der Waals surface area contributed by atoms with Crippen LogP contribution in [-0.4, -0.2) is 88.2 Å². The summed E-state index contributed by atoms with van der Waals surface area (Å²) in [5.41, 5.74) is 5.52. The van der Waals surface area contributed by atoms with Crippen molar-refractivity contribution in [1.82, 2.24) is 30.0 Å². The minimum atomic E-state index is -0.585. The molecular formula is C46H41Cl7N6O2. The highest BCUT2D eigenvalue weighted by molar-refractivity contribution is 6.68. The number of carbonyl (C=O) groups excluding carboxylic acids is 2. The van der Waals surface area contributed by atoms with Crippen molar-refractivity contribution in [1.29, 1.82) is 0 Å². The molecule has 2 saturated heterocycles. The molecule has 0 spiro atoms. The Hall–Kier alpha value is -3.77. The average Bonchev–Trinajstić information content (AvgIpc) is 3.28. The molecule has 0 bridgehead atoms. The zero-order chi connectivity index (χ0) is 43.3. The molecule has 1 N–H and O–H groups in total. The van der Waals surface area contributed by atoms with Crippen LogP contribution in [0, 0.1) is 0 Å². The van der Waals surface area contributed by atoms with E-state index in [1.54, 1.807) is 24.4 Å². The third kappa shape index (κ3) is 13.1. The molecule has 0 unspecified atom stereocenters. The largest absolute Gasteiger partial charge is 0.336 e. The highest BCUT2D eigenvalue weighted by Crippen LogP contribution is 2.33. The van der Waals surface area contributed by atoms with E-state index in [0.29, 0.717) is 28.7 Å². The van der Waals surface area contributed by atoms with Crippen LogP contribution in [0.5, 0.6) is 0 Å². The van der Waals surface area contributed by atoms with Crippen LogP contribution in [-0.2, 0) is 0 Å². The SMILES string of the molecule is Clc1ccc(C(c2ccc(Cl)cc2)N2CCNCC2)cc1.O=C(Cl)c1cccnc1Cl.O=C(c1cccnc1Cl)N1CCN(C(c2ccc(Cl)cc2)c2ccc(Cl)cc2)CC1. The molecule has 4 aromatic carbocycles. The van der Waals surface area contributed by atoms with Gasteiger partial charge in [-0.25, -0.2) is 9.97 Å². The Morgan fingerprint density at radius 1 is 0.475 bits per heavy atom. The molecule has 6 aromatic rings. The molecule has 0 saturated carbocycles. The molecule has 2 aliphatic heterocycles. The summed E-state index contributed by atoms with van der Waals surface area (Å²) < 4.78 is 0. The van der Waals surface area contributed by atoms with Gasteiger partial charge in [0.25, 0.3) is 11.1 Å². The van der Waals surface area contributed by atoms with E-state index in [9.17, 15) is 9.59 Å². The molecule has 2 aromatic heterocycles. The van der Waals surface area contributed by atoms with Gasteiger partial charge in [-0.2, -0.15) is 0 Å². The first-order chi connectivity index (χ1) is 29.5. The van der Waals surface area contributed by atoms with Gasteiger partial charge in [0.05, 0.1) is 23.2 Å². The molecule has 2 aliphatic rings. The second-order valence-electron chi connectivity index (χ2n) is 14.1. The molecule has 1 amide bonds. The molecule has 8 nitrogen and oxygen atoms in total. The Morgan fingerprint density at radius 2 is 0.820 bits per heavy atom. The predicted molar refractivity (Wildman–Crippen MR) is 250 cm³/mol. The molecule has 61 heavy (non-hydrogen) atoms. The first-order valence-corrected chi connectivity index (χ1v) is 22.0. The molecule has 2 fully saturated rings. The van der Waals surface area contributed by atoms with Gasteiger partial charge in [0, 0.05) is 84.8 Å². The Bertz CT molecular complexity index is 2250. The van der Waals surface area contributed by atoms with Crippen LogP contribution in [0.2, 0.25) is 30.4 Å². The Kier molecular flexibility index (Phi) is 17.7. The summed E-state index contributed by atoms with van der Waals surface area (Å²) in [6.07, 6.45) is 3.07. The lowest BCUT2D eigenvalue weighted by molar-refractivity contribution is 0.0597. The number of aromatic nitrogens is 2. The Balaban J connectivity index is 0.000000173. The topological polar surface area (TPSA) is 81.7 Å². The maximum atomic E-state index is 12.9. The Morgan fingerprint density at radius 3 is 1.15 bits per heavy atom. The van der Waals surface area contributed by atoms with Crippen molar-refractivity contribution >= 4 is 92.4 Å². The third-order valence-corrected chi connectivity index (χ3v) is 12.0. The zero-order valence-corrected chi connectivity index (χ0v) is 38.0. The van der Waals surface area contributed by atoms with E-state index in [0.717, 1.165) is 60.4 Å². The van der Waals surface area contributed by atoms with E-state index in [4.69, 9.17) is 81.2 Å². The van der Waals surface area contributed by atoms with Gasteiger partial charge in [0.2, 0.25) is 0 Å². The third-order valence-electron chi connectivity index (χ3n) is 10.2. The van der Waals surface area contributed by atoms with Gasteiger partial charge in [-0.15, -0.1) is 0 Å². The lowest BCUT2D eigenvalue weighted by atomic mass is 9.96. The smallest absolute Gasteiger partial charge is 0.257 e. The summed E-state index contributed by atoms with van der Waals surface area (Å²) >= 11 is 41.0. The van der Waals surface area contributed by atoms with Crippen molar-refractivity contribution in [3.63, 3.8) is 0 Å². The van der Waals surface area contributed by atoms with Crippen LogP contribution >= 0.6 is 81.2 Å². The van der Waals surface area contributed by atoms with Crippen molar-refractivity contribution in [2.24, 2.45) is 0 Å². The molecule has 15 heteroatoms. The molecule has 316 valence electrons. The van der Waals surface area contributed by atoms with Gasteiger partial charge < -0.3 is 10.2 Å². The number of pyridine rings is 2. The van der Waals surface area contributed by atoms with Crippen molar-refractivity contribution in [2.75, 3.05) is 52.4 Å². The number of halogens is 7. The minimum absolute atomic E-state index is 0.0544. The minimum Gasteiger partial charge on any atom is -0.336 e. The van der Waals surface area contributed by atoms with Gasteiger partial charge in [0.1, 0.15) is 10.3 Å². The van der Waals surface area contributed by atoms with Crippen LogP contribution < -0.4 is 5.32 Å². The Labute approximate surface area is 391 Å². The van der Waals surface area contributed by atoms with Gasteiger partial charge in [-0.1, -0.05) is 118 Å². The summed E-state index contributed by atoms with van der Waals surface area (Å²) in [7, 11) is 0. The van der Waals surface area contributed by atoms with E-state index < -0.39 is 5.24 Å². The molecular weight excluding hydrogens is 917 g/mol. The number of hydrogen-bond donors (Lipinski definition) is 1. The van der Waals surface area contributed by atoms with Crippen LogP contribution in [0.3, 0.4) is 0 Å². The lowest BCUT2D eigenvalue weighted by Crippen LogP contribution is -2.50. The lowest BCUT2D eigenvalue weighted by Gasteiger charge is -2.40. The quantitative estimate of drug-likeness (QED) is 0.120. The van der Waals surface area contributed by atoms with Gasteiger partial charge in [-0.3, -0.25) is 19.4 Å². The maximum absolute atomic E-state index is 12.9. The number of rotatable bonds is 8. The van der Waals surface area contributed by atoms with Gasteiger partial charge >= 0.3 is 0 Å². The fraction of sp³-hybridized carbons (Fsp3) is 0.217. The second kappa shape index (κ2) is 23.1. The van der Waals surface area contributed by atoms with Crippen molar-refractivity contribution in [2.45, 2.75) is 12.1 Å². The van der Waals surface area contributed by atoms with Crippen LogP contribution in [0.15, 0.2) is 134 Å². The summed E-state index contributed by atoms with van der Waals surface area (Å²) in [6, 6.07) is 39.0. The summed E-state index contributed by atoms with van der Waals surface area (Å²) in [4.78, 5) is 37.8. The number of hydrogen-bond acceptors (Lipinski definition) is 7. The van der Waals surface area contributed by atoms with Gasteiger partial charge in [-0.05, 0) is 107 Å². The number of amides is 1. The van der Waals surface area contributed by atoms with E-state index in [2.05, 4.69) is 73.6 Å². The van der Waals surface area contributed by atoms with Crippen LogP contribution in [0.4, 0.5) is 0 Å². The molecule has 0 atom stereocenters. The van der Waals surface area contributed by atoms with Crippen molar-refractivity contribution in [3.05, 3.63) is 197 Å². The van der Waals surface area contributed by atoms with E-state index in [-0.39, 0.29) is 33.9 Å². The fourth-order valence-electron chi connectivity index (χ4n) is 7.18. The van der Waals surface area contributed by atoms with Gasteiger partial charge in [0.15, 0.2) is 0 Å². The number of carbonyl (C=O) groups is 2. The molecule has 4 heterocycles. The first-order valence-electron chi connectivity index (χ1n) is 19.4. The predicted octanol–water partition coefficient (Wildman–Crippen LogP) is 11.7. The monoisotopic (exact) mass is 954 g/mol. The molecule has 8 rings (SSSR count). The summed E-state index contributed by atoms with van der Waals surface area (Å²) in [6.45, 7) is 6.82. The number of nitrogens with one attached hydrogen (secondary N) is 1. The number of benzene rings is 4. The fourth-order valence-corrected chi connectivity index (χ4v) is 8.29. The number of nitrogens with zero attached hydrogens (tertiary/aromatic N) is 5. The van der Waals surface area contributed by atoms with Crippen molar-refractivity contribution in [3.8, 4) is 0 Å². The normalized spacial score (nSPS) is 14.5. The average molecular weight is 958 g/mol. The molecule has 0 radical (unpaired) electrons. The van der Waals surface area contributed by atoms with E-state index in [1.807, 2.05) is 53.4 Å². The van der Waals surface area contributed by atoms with E-state index in [1.165, 1.54) is 23.4 Å². The van der Waals surface area contributed by atoms with Crippen molar-refractivity contribution < 1.29 is 9.59 Å². The highest BCUT2D eigenvalue weighted by atomic mass is 35.5. The first kappa shape index (κ1) is 46.7. The van der Waals surface area contributed by atoms with Crippen LogP contribution in [0.1, 0.15) is 55.1 Å². The van der Waals surface area contributed by atoms with E-state index >= 15 is 0 Å². The maximum Gasteiger partial charge on any atom is 0.257 e. The standard InChI is InChI=1S/C23H20Cl3N3O.C17H18Cl2N2.C6H3Cl2NO/c24-18-7-3-16(4-8-18)21(17-5-9-19(25)10-6-17)28-12-14-29(15-13-28)23(30)20-2-1-11-27-22(20)26;18-15-5-1-13(2-6-15)17(21-11-9-20-10-12-21)14-3-7-16(19)8-4-14;7-5-4(6(8)10)2-1-3-9-5/h1-11,21H,12-15H2;1-8,17,20H,9-12H2;1-3H. The summed E-state index contributed by atoms with van der Waals surface area (Å²) in [5, 5.41) is 6.16. The highest BCUT2D eigenvalue weighted by Gasteiger charge is 2.30. The number of piperazine rings is 2. The second-order valence-corrected chi connectivity index (χ2v) is 16.9. The van der Waals surface area contributed by atoms with Crippen LogP contribution in [0.25, 0.3) is 0 Å². The molecule has 0 aliphatic carbocycles. The summed E-state index contributed by atoms with van der Waals surface area (Å²) in [5.74, 6) is -0.0812. The zero-order valence-electron chi connectivity index (χ0n) is 32.7.